The van der Waals surface area contributed by atoms with Crippen molar-refractivity contribution >= 4 is 28.6 Å². The van der Waals surface area contributed by atoms with Gasteiger partial charge in [0.1, 0.15) is 0 Å². The predicted octanol–water partition coefficient (Wildman–Crippen LogP) is 2.83. The van der Waals surface area contributed by atoms with Gasteiger partial charge < -0.3 is 9.80 Å². The molecule has 0 saturated carbocycles. The Bertz CT molecular complexity index is 756. The second-order valence-electron chi connectivity index (χ2n) is 6.52. The maximum absolute atomic E-state index is 12.6. The number of benzene rings is 1. The standard InChI is InChI=1S/C19H24N4O3S/c1-2-21(14-18-4-3-13-27-18)19(24)15-20-9-11-22(12-10-20)16-5-7-17(8-6-16)23(25)26/h3-8,13H,2,9-12,14-15H2,1H3. The Kier molecular flexibility index (Phi) is 6.41. The van der Waals surface area contributed by atoms with Gasteiger partial charge in [0.25, 0.3) is 5.69 Å². The van der Waals surface area contributed by atoms with Gasteiger partial charge in [0.2, 0.25) is 5.91 Å². The molecule has 27 heavy (non-hydrogen) atoms. The van der Waals surface area contributed by atoms with E-state index in [2.05, 4.69) is 15.9 Å². The molecule has 0 bridgehead atoms. The fourth-order valence-corrected chi connectivity index (χ4v) is 3.93. The molecule has 0 spiro atoms. The van der Waals surface area contributed by atoms with E-state index in [-0.39, 0.29) is 16.5 Å². The van der Waals surface area contributed by atoms with Gasteiger partial charge in [0.15, 0.2) is 0 Å². The summed E-state index contributed by atoms with van der Waals surface area (Å²) in [6.45, 7) is 7.06. The summed E-state index contributed by atoms with van der Waals surface area (Å²) in [5.41, 5.74) is 1.09. The molecule has 1 aliphatic heterocycles. The van der Waals surface area contributed by atoms with Crippen LogP contribution < -0.4 is 4.90 Å². The molecule has 1 saturated heterocycles. The number of rotatable bonds is 7. The van der Waals surface area contributed by atoms with Crippen molar-refractivity contribution in [3.63, 3.8) is 0 Å². The van der Waals surface area contributed by atoms with Gasteiger partial charge in [-0.05, 0) is 30.5 Å². The highest BCUT2D eigenvalue weighted by molar-refractivity contribution is 7.09. The molecule has 1 fully saturated rings. The third-order valence-corrected chi connectivity index (χ3v) is 5.68. The van der Waals surface area contributed by atoms with Crippen molar-refractivity contribution < 1.29 is 9.72 Å². The Morgan fingerprint density at radius 1 is 1.19 bits per heavy atom. The van der Waals surface area contributed by atoms with E-state index >= 15 is 0 Å². The number of nitro groups is 1. The minimum absolute atomic E-state index is 0.105. The summed E-state index contributed by atoms with van der Waals surface area (Å²) < 4.78 is 0. The third kappa shape index (κ3) is 5.05. The minimum atomic E-state index is -0.386. The lowest BCUT2D eigenvalue weighted by molar-refractivity contribution is -0.384. The lowest BCUT2D eigenvalue weighted by Crippen LogP contribution is -2.50. The van der Waals surface area contributed by atoms with E-state index < -0.39 is 0 Å². The number of amides is 1. The van der Waals surface area contributed by atoms with E-state index in [9.17, 15) is 14.9 Å². The normalized spacial score (nSPS) is 14.9. The van der Waals surface area contributed by atoms with Gasteiger partial charge >= 0.3 is 0 Å². The van der Waals surface area contributed by atoms with Crippen molar-refractivity contribution in [3.8, 4) is 0 Å². The maximum Gasteiger partial charge on any atom is 0.269 e. The molecule has 144 valence electrons. The van der Waals surface area contributed by atoms with Crippen molar-refractivity contribution in [1.82, 2.24) is 9.80 Å². The second kappa shape index (κ2) is 8.96. The average molecular weight is 388 g/mol. The number of non-ortho nitro benzene ring substituents is 1. The van der Waals surface area contributed by atoms with Crippen LogP contribution in [0.3, 0.4) is 0 Å². The molecular formula is C19H24N4O3S. The molecule has 0 atom stereocenters. The first-order valence-corrected chi connectivity index (χ1v) is 9.96. The van der Waals surface area contributed by atoms with Gasteiger partial charge in [-0.1, -0.05) is 6.07 Å². The highest BCUT2D eigenvalue weighted by Crippen LogP contribution is 2.20. The van der Waals surface area contributed by atoms with E-state index in [1.54, 1.807) is 23.5 Å². The molecule has 1 aromatic carbocycles. The van der Waals surface area contributed by atoms with E-state index in [0.717, 1.165) is 31.9 Å². The molecule has 0 radical (unpaired) electrons. The van der Waals surface area contributed by atoms with Gasteiger partial charge in [-0.25, -0.2) is 0 Å². The zero-order chi connectivity index (χ0) is 19.2. The number of anilines is 1. The number of carbonyl (C=O) groups is 1. The first kappa shape index (κ1) is 19.3. The van der Waals surface area contributed by atoms with Crippen LogP contribution in [-0.4, -0.2) is 59.9 Å². The van der Waals surface area contributed by atoms with E-state index in [0.29, 0.717) is 19.6 Å². The fraction of sp³-hybridized carbons (Fsp3) is 0.421. The topological polar surface area (TPSA) is 69.9 Å². The van der Waals surface area contributed by atoms with Gasteiger partial charge in [-0.3, -0.25) is 19.8 Å². The van der Waals surface area contributed by atoms with Gasteiger partial charge in [-0.15, -0.1) is 11.3 Å². The van der Waals surface area contributed by atoms with Crippen LogP contribution in [0.25, 0.3) is 0 Å². The molecule has 1 aromatic heterocycles. The summed E-state index contributed by atoms with van der Waals surface area (Å²) in [6, 6.07) is 10.7. The lowest BCUT2D eigenvalue weighted by atomic mass is 10.2. The van der Waals surface area contributed by atoms with Crippen molar-refractivity contribution in [2.24, 2.45) is 0 Å². The van der Waals surface area contributed by atoms with Crippen molar-refractivity contribution in [2.75, 3.05) is 44.2 Å². The van der Waals surface area contributed by atoms with Gasteiger partial charge in [0.05, 0.1) is 18.0 Å². The molecule has 0 aliphatic carbocycles. The van der Waals surface area contributed by atoms with Crippen LogP contribution in [-0.2, 0) is 11.3 Å². The summed E-state index contributed by atoms with van der Waals surface area (Å²) in [5, 5.41) is 12.8. The number of hydrogen-bond acceptors (Lipinski definition) is 6. The molecule has 1 amide bonds. The Balaban J connectivity index is 1.49. The highest BCUT2D eigenvalue weighted by atomic mass is 32.1. The summed E-state index contributed by atoms with van der Waals surface area (Å²) in [7, 11) is 0. The average Bonchev–Trinajstić information content (AvgIpc) is 3.20. The predicted molar refractivity (Wildman–Crippen MR) is 107 cm³/mol. The van der Waals surface area contributed by atoms with E-state index in [4.69, 9.17) is 0 Å². The number of thiophene rings is 1. The molecule has 0 N–H and O–H groups in total. The number of nitro benzene ring substituents is 1. The lowest BCUT2D eigenvalue weighted by Gasteiger charge is -2.36. The zero-order valence-electron chi connectivity index (χ0n) is 15.4. The summed E-state index contributed by atoms with van der Waals surface area (Å²) in [5.74, 6) is 0.162. The van der Waals surface area contributed by atoms with E-state index in [1.807, 2.05) is 23.3 Å². The first-order chi connectivity index (χ1) is 13.1. The number of nitrogens with zero attached hydrogens (tertiary/aromatic N) is 4. The monoisotopic (exact) mass is 388 g/mol. The summed E-state index contributed by atoms with van der Waals surface area (Å²) in [6.07, 6.45) is 0. The van der Waals surface area contributed by atoms with Crippen LogP contribution in [0.2, 0.25) is 0 Å². The molecular weight excluding hydrogens is 364 g/mol. The van der Waals surface area contributed by atoms with Crippen molar-refractivity contribution in [2.45, 2.75) is 13.5 Å². The van der Waals surface area contributed by atoms with Crippen molar-refractivity contribution in [1.29, 1.82) is 0 Å². The second-order valence-corrected chi connectivity index (χ2v) is 7.56. The van der Waals surface area contributed by atoms with Crippen molar-refractivity contribution in [3.05, 3.63) is 56.8 Å². The van der Waals surface area contributed by atoms with Crippen LogP contribution >= 0.6 is 11.3 Å². The zero-order valence-corrected chi connectivity index (χ0v) is 16.2. The maximum atomic E-state index is 12.6. The molecule has 0 unspecified atom stereocenters. The fourth-order valence-electron chi connectivity index (χ4n) is 3.21. The third-order valence-electron chi connectivity index (χ3n) is 4.82. The van der Waals surface area contributed by atoms with Crippen LogP contribution in [0.15, 0.2) is 41.8 Å². The molecule has 3 rings (SSSR count). The van der Waals surface area contributed by atoms with Crippen LogP contribution in [0, 0.1) is 10.1 Å². The Morgan fingerprint density at radius 2 is 1.89 bits per heavy atom. The number of hydrogen-bond donors (Lipinski definition) is 0. The summed E-state index contributed by atoms with van der Waals surface area (Å²) >= 11 is 1.67. The molecule has 8 heteroatoms. The van der Waals surface area contributed by atoms with Gasteiger partial charge in [0, 0.05) is 55.4 Å². The largest absolute Gasteiger partial charge is 0.369 e. The minimum Gasteiger partial charge on any atom is -0.369 e. The molecule has 7 nitrogen and oxygen atoms in total. The Morgan fingerprint density at radius 3 is 2.44 bits per heavy atom. The number of piperazine rings is 1. The quantitative estimate of drug-likeness (QED) is 0.539. The van der Waals surface area contributed by atoms with Gasteiger partial charge in [-0.2, -0.15) is 0 Å². The Hall–Kier alpha value is -2.45. The molecule has 1 aliphatic rings. The molecule has 2 heterocycles. The van der Waals surface area contributed by atoms with Crippen LogP contribution in [0.4, 0.5) is 11.4 Å². The van der Waals surface area contributed by atoms with E-state index in [1.165, 1.54) is 17.0 Å². The SMILES string of the molecule is CCN(Cc1cccs1)C(=O)CN1CCN(c2ccc([N+](=O)[O-])cc2)CC1. The summed E-state index contributed by atoms with van der Waals surface area (Å²) in [4.78, 5) is 30.5. The smallest absolute Gasteiger partial charge is 0.269 e. The number of carbonyl (C=O) groups excluding carboxylic acids is 1. The van der Waals surface area contributed by atoms with Crippen LogP contribution in [0.5, 0.6) is 0 Å². The molecule has 2 aromatic rings. The number of likely N-dealkylation sites (N-methyl/N-ethyl adjacent to an activating group) is 1. The highest BCUT2D eigenvalue weighted by Gasteiger charge is 2.22. The Labute approximate surface area is 163 Å². The first-order valence-electron chi connectivity index (χ1n) is 9.08. The van der Waals surface area contributed by atoms with Crippen LogP contribution in [0.1, 0.15) is 11.8 Å².